The van der Waals surface area contributed by atoms with Crippen LogP contribution in [0.25, 0.3) is 11.3 Å². The van der Waals surface area contributed by atoms with Crippen molar-refractivity contribution in [2.24, 2.45) is 0 Å². The molecule has 0 radical (unpaired) electrons. The fraction of sp³-hybridized carbons (Fsp3) is 0.176. The van der Waals surface area contributed by atoms with Crippen molar-refractivity contribution < 1.29 is 4.74 Å². The van der Waals surface area contributed by atoms with Gasteiger partial charge in [0.25, 0.3) is 0 Å². The molecule has 0 amide bonds. The number of aromatic amines is 1. The second-order valence-electron chi connectivity index (χ2n) is 4.82. The normalized spacial score (nSPS) is 9.62. The third-order valence-electron chi connectivity index (χ3n) is 3.11. The van der Waals surface area contributed by atoms with E-state index in [1.165, 1.54) is 6.21 Å². The number of H-pyrrole nitrogens is 1. The Balaban J connectivity index is 0.000000647. The van der Waals surface area contributed by atoms with Gasteiger partial charge in [0.2, 0.25) is 5.95 Å². The Morgan fingerprint density at radius 1 is 1.21 bits per heavy atom. The standard InChI is InChI=1S/C15H15N5O.C2H5N/c1-10-13(9-17-20-10)14-7-8-16-15(19-14)18-11-3-5-12(21-2)6-4-11;1-2-3/h3-9H,1-2H3,(H,17,20)(H,16,18,19);2-3H,1H3. The number of aryl methyl sites for hydroxylation is 1. The van der Waals surface area contributed by atoms with Gasteiger partial charge in [-0.1, -0.05) is 0 Å². The lowest BCUT2D eigenvalue weighted by Gasteiger charge is -2.07. The Kier molecular flexibility index (Phi) is 6.01. The van der Waals surface area contributed by atoms with E-state index in [2.05, 4.69) is 25.5 Å². The molecule has 0 aliphatic rings. The van der Waals surface area contributed by atoms with Gasteiger partial charge in [-0.3, -0.25) is 5.10 Å². The van der Waals surface area contributed by atoms with Crippen molar-refractivity contribution >= 4 is 17.9 Å². The van der Waals surface area contributed by atoms with Crippen LogP contribution in [0.4, 0.5) is 11.6 Å². The third kappa shape index (κ3) is 4.39. The molecule has 0 aliphatic carbocycles. The van der Waals surface area contributed by atoms with Crippen LogP contribution in [-0.2, 0) is 0 Å². The summed E-state index contributed by atoms with van der Waals surface area (Å²) in [7, 11) is 1.64. The van der Waals surface area contributed by atoms with Gasteiger partial charge < -0.3 is 15.5 Å². The summed E-state index contributed by atoms with van der Waals surface area (Å²) in [5.41, 5.74) is 3.67. The highest BCUT2D eigenvalue weighted by Crippen LogP contribution is 2.22. The van der Waals surface area contributed by atoms with E-state index >= 15 is 0 Å². The summed E-state index contributed by atoms with van der Waals surface area (Å²) in [5.74, 6) is 1.35. The summed E-state index contributed by atoms with van der Waals surface area (Å²) in [6, 6.07) is 9.45. The maximum Gasteiger partial charge on any atom is 0.227 e. The zero-order valence-electron chi connectivity index (χ0n) is 13.9. The van der Waals surface area contributed by atoms with E-state index in [1.54, 1.807) is 26.4 Å². The van der Waals surface area contributed by atoms with E-state index in [0.29, 0.717) is 5.95 Å². The summed E-state index contributed by atoms with van der Waals surface area (Å²) in [6.07, 6.45) is 4.73. The van der Waals surface area contributed by atoms with E-state index < -0.39 is 0 Å². The molecule has 0 aliphatic heterocycles. The first-order chi connectivity index (χ1) is 11.7. The summed E-state index contributed by atoms with van der Waals surface area (Å²) in [4.78, 5) is 8.73. The SMILES string of the molecule is CC=N.COc1ccc(Nc2nccc(-c3cn[nH]c3C)n2)cc1. The summed E-state index contributed by atoms with van der Waals surface area (Å²) >= 11 is 0. The number of hydrogen-bond acceptors (Lipinski definition) is 6. The molecule has 7 heteroatoms. The van der Waals surface area contributed by atoms with Gasteiger partial charge in [0.15, 0.2) is 0 Å². The van der Waals surface area contributed by atoms with Crippen molar-refractivity contribution in [2.75, 3.05) is 12.4 Å². The first-order valence-electron chi connectivity index (χ1n) is 7.37. The summed E-state index contributed by atoms with van der Waals surface area (Å²) < 4.78 is 5.13. The van der Waals surface area contributed by atoms with E-state index in [4.69, 9.17) is 10.1 Å². The van der Waals surface area contributed by atoms with Crippen molar-refractivity contribution in [1.82, 2.24) is 20.2 Å². The average molecular weight is 324 g/mol. The molecule has 0 saturated carbocycles. The molecule has 0 bridgehead atoms. The first kappa shape index (κ1) is 17.1. The van der Waals surface area contributed by atoms with E-state index in [1.807, 2.05) is 37.3 Å². The van der Waals surface area contributed by atoms with E-state index in [0.717, 1.165) is 28.4 Å². The fourth-order valence-electron chi connectivity index (χ4n) is 1.98. The number of nitrogens with zero attached hydrogens (tertiary/aromatic N) is 3. The van der Waals surface area contributed by atoms with Crippen LogP contribution in [0.15, 0.2) is 42.7 Å². The molecule has 3 N–H and O–H groups in total. The Hall–Kier alpha value is -3.22. The topological polar surface area (TPSA) is 99.6 Å². The average Bonchev–Trinajstić information content (AvgIpc) is 3.03. The number of methoxy groups -OCH3 is 1. The number of aromatic nitrogens is 4. The maximum atomic E-state index is 6.08. The molecule has 0 spiro atoms. The van der Waals surface area contributed by atoms with E-state index in [9.17, 15) is 0 Å². The Morgan fingerprint density at radius 2 is 1.92 bits per heavy atom. The second-order valence-corrected chi connectivity index (χ2v) is 4.82. The Labute approximate surface area is 140 Å². The highest BCUT2D eigenvalue weighted by molar-refractivity contribution is 5.63. The number of hydrogen-bond donors (Lipinski definition) is 3. The Morgan fingerprint density at radius 3 is 2.50 bits per heavy atom. The lowest BCUT2D eigenvalue weighted by atomic mass is 10.2. The number of benzene rings is 1. The van der Waals surface area contributed by atoms with Gasteiger partial charge in [-0.05, 0) is 50.4 Å². The monoisotopic (exact) mass is 324 g/mol. The quantitative estimate of drug-likeness (QED) is 0.637. The van der Waals surface area contributed by atoms with Crippen molar-refractivity contribution in [1.29, 1.82) is 5.41 Å². The number of nitrogens with one attached hydrogen (secondary N) is 3. The van der Waals surface area contributed by atoms with Gasteiger partial charge in [-0.15, -0.1) is 0 Å². The molecule has 2 aromatic heterocycles. The van der Waals surface area contributed by atoms with Crippen LogP contribution in [0.2, 0.25) is 0 Å². The van der Waals surface area contributed by atoms with Gasteiger partial charge >= 0.3 is 0 Å². The van der Waals surface area contributed by atoms with Crippen molar-refractivity contribution in [3.63, 3.8) is 0 Å². The summed E-state index contributed by atoms with van der Waals surface area (Å²) in [5, 5.41) is 16.2. The molecule has 0 fully saturated rings. The molecule has 1 aromatic carbocycles. The molecular weight excluding hydrogens is 304 g/mol. The van der Waals surface area contributed by atoms with Gasteiger partial charge in [-0.2, -0.15) is 5.10 Å². The molecular formula is C17H20N6O. The van der Waals surface area contributed by atoms with Gasteiger partial charge in [0, 0.05) is 23.1 Å². The minimum absolute atomic E-state index is 0.540. The Bertz CT molecular complexity index is 782. The minimum Gasteiger partial charge on any atom is -0.497 e. The van der Waals surface area contributed by atoms with Gasteiger partial charge in [0.1, 0.15) is 5.75 Å². The maximum absolute atomic E-state index is 6.08. The smallest absolute Gasteiger partial charge is 0.227 e. The first-order valence-corrected chi connectivity index (χ1v) is 7.37. The lowest BCUT2D eigenvalue weighted by molar-refractivity contribution is 0.415. The molecule has 24 heavy (non-hydrogen) atoms. The number of ether oxygens (including phenoxy) is 1. The minimum atomic E-state index is 0.540. The number of anilines is 2. The van der Waals surface area contributed by atoms with Gasteiger partial charge in [-0.25, -0.2) is 9.97 Å². The molecule has 3 rings (SSSR count). The van der Waals surface area contributed by atoms with Gasteiger partial charge in [0.05, 0.1) is 19.0 Å². The highest BCUT2D eigenvalue weighted by atomic mass is 16.5. The van der Waals surface area contributed by atoms with Crippen molar-refractivity contribution in [3.05, 3.63) is 48.4 Å². The van der Waals surface area contributed by atoms with Crippen LogP contribution < -0.4 is 10.1 Å². The van der Waals surface area contributed by atoms with Crippen LogP contribution in [0, 0.1) is 12.3 Å². The molecule has 2 heterocycles. The molecule has 124 valence electrons. The number of rotatable bonds is 4. The summed E-state index contributed by atoms with van der Waals surface area (Å²) in [6.45, 7) is 3.63. The molecule has 0 atom stereocenters. The van der Waals surface area contributed by atoms with Crippen LogP contribution in [0.1, 0.15) is 12.6 Å². The lowest BCUT2D eigenvalue weighted by Crippen LogP contribution is -1.98. The zero-order chi connectivity index (χ0) is 17.4. The van der Waals surface area contributed by atoms with Crippen molar-refractivity contribution in [3.8, 4) is 17.0 Å². The van der Waals surface area contributed by atoms with Crippen LogP contribution in [0.3, 0.4) is 0 Å². The zero-order valence-corrected chi connectivity index (χ0v) is 13.9. The second kappa shape index (κ2) is 8.42. The predicted molar refractivity (Wildman–Crippen MR) is 95.1 cm³/mol. The predicted octanol–water partition coefficient (Wildman–Crippen LogP) is 3.58. The van der Waals surface area contributed by atoms with Crippen LogP contribution in [-0.4, -0.2) is 33.5 Å². The van der Waals surface area contributed by atoms with Crippen LogP contribution in [0.5, 0.6) is 5.75 Å². The molecule has 7 nitrogen and oxygen atoms in total. The third-order valence-corrected chi connectivity index (χ3v) is 3.11. The molecule has 0 saturated heterocycles. The van der Waals surface area contributed by atoms with Crippen molar-refractivity contribution in [2.45, 2.75) is 13.8 Å². The van der Waals surface area contributed by atoms with E-state index in [-0.39, 0.29) is 0 Å². The van der Waals surface area contributed by atoms with Crippen LogP contribution >= 0.6 is 0 Å². The highest BCUT2D eigenvalue weighted by Gasteiger charge is 2.07. The largest absolute Gasteiger partial charge is 0.497 e. The molecule has 0 unspecified atom stereocenters. The fourth-order valence-corrected chi connectivity index (χ4v) is 1.98. The molecule has 3 aromatic rings.